The maximum absolute atomic E-state index is 11.8. The number of rotatable bonds is 3. The second kappa shape index (κ2) is 6.91. The fourth-order valence-electron chi connectivity index (χ4n) is 2.04. The summed E-state index contributed by atoms with van der Waals surface area (Å²) >= 11 is 0. The number of amides is 3. The first kappa shape index (κ1) is 14.3. The minimum Gasteiger partial charge on any atom is -0.399 e. The van der Waals surface area contributed by atoms with Crippen molar-refractivity contribution >= 4 is 17.6 Å². The van der Waals surface area contributed by atoms with Crippen molar-refractivity contribution < 1.29 is 14.3 Å². The Morgan fingerprint density at radius 1 is 1.20 bits per heavy atom. The number of hydrogen-bond donors (Lipinski definition) is 3. The molecular weight excluding hydrogens is 258 g/mol. The molecule has 1 aromatic rings. The zero-order valence-electron chi connectivity index (χ0n) is 11.2. The number of urea groups is 1. The van der Waals surface area contributed by atoms with Gasteiger partial charge >= 0.3 is 6.03 Å². The van der Waals surface area contributed by atoms with Crippen molar-refractivity contribution in [1.29, 1.82) is 0 Å². The molecule has 6 heteroatoms. The second-order valence-electron chi connectivity index (χ2n) is 4.84. The Kier molecular flexibility index (Phi) is 4.95. The van der Waals surface area contributed by atoms with Crippen LogP contribution in [0.2, 0.25) is 0 Å². The molecule has 0 unspecified atom stereocenters. The van der Waals surface area contributed by atoms with Gasteiger partial charge in [0, 0.05) is 31.0 Å². The highest BCUT2D eigenvalue weighted by atomic mass is 16.5. The predicted octanol–water partition coefficient (Wildman–Crippen LogP) is 1.13. The van der Waals surface area contributed by atoms with Crippen LogP contribution in [0, 0.1) is 5.92 Å². The van der Waals surface area contributed by atoms with Gasteiger partial charge in [0.25, 0.3) is 5.91 Å². The highest BCUT2D eigenvalue weighted by Gasteiger charge is 2.15. The van der Waals surface area contributed by atoms with Gasteiger partial charge in [-0.3, -0.25) is 10.1 Å². The molecule has 4 N–H and O–H groups in total. The van der Waals surface area contributed by atoms with Crippen LogP contribution in [0.1, 0.15) is 23.2 Å². The molecule has 1 aromatic carbocycles. The van der Waals surface area contributed by atoms with Crippen LogP contribution in [0.15, 0.2) is 24.3 Å². The van der Waals surface area contributed by atoms with Crippen molar-refractivity contribution in [2.45, 2.75) is 12.8 Å². The molecule has 1 aliphatic heterocycles. The molecule has 0 aliphatic carbocycles. The first-order chi connectivity index (χ1) is 9.65. The van der Waals surface area contributed by atoms with Crippen LogP contribution in [0.3, 0.4) is 0 Å². The molecule has 0 bridgehead atoms. The number of nitrogens with two attached hydrogens (primary N) is 1. The van der Waals surface area contributed by atoms with Crippen molar-refractivity contribution in [3.05, 3.63) is 29.8 Å². The van der Waals surface area contributed by atoms with Crippen molar-refractivity contribution in [3.63, 3.8) is 0 Å². The molecule has 1 saturated heterocycles. The third-order valence-electron chi connectivity index (χ3n) is 3.29. The van der Waals surface area contributed by atoms with Crippen LogP contribution in [-0.2, 0) is 4.74 Å². The van der Waals surface area contributed by atoms with Gasteiger partial charge in [-0.1, -0.05) is 0 Å². The van der Waals surface area contributed by atoms with Crippen LogP contribution in [0.25, 0.3) is 0 Å². The number of imide groups is 1. The Labute approximate surface area is 117 Å². The highest BCUT2D eigenvalue weighted by molar-refractivity contribution is 6.04. The molecule has 1 fully saturated rings. The SMILES string of the molecule is Nc1ccc(C(=O)NC(=O)NCC2CCOCC2)cc1. The van der Waals surface area contributed by atoms with Gasteiger partial charge in [0.05, 0.1) is 0 Å². The van der Waals surface area contributed by atoms with Crippen LogP contribution in [0.4, 0.5) is 10.5 Å². The summed E-state index contributed by atoms with van der Waals surface area (Å²) in [6.45, 7) is 2.03. The lowest BCUT2D eigenvalue weighted by atomic mass is 10.0. The molecule has 0 aromatic heterocycles. The zero-order chi connectivity index (χ0) is 14.4. The number of hydrogen-bond acceptors (Lipinski definition) is 4. The monoisotopic (exact) mass is 277 g/mol. The molecule has 2 rings (SSSR count). The standard InChI is InChI=1S/C14H19N3O3/c15-12-3-1-11(2-4-12)13(18)17-14(19)16-9-10-5-7-20-8-6-10/h1-4,10H,5-9,15H2,(H2,16,17,18,19). The molecule has 0 saturated carbocycles. The van der Waals surface area contributed by atoms with E-state index in [0.29, 0.717) is 23.7 Å². The fraction of sp³-hybridized carbons (Fsp3) is 0.429. The number of anilines is 1. The molecule has 1 aliphatic rings. The van der Waals surface area contributed by atoms with E-state index >= 15 is 0 Å². The largest absolute Gasteiger partial charge is 0.399 e. The Bertz CT molecular complexity index is 467. The van der Waals surface area contributed by atoms with Gasteiger partial charge in [0.15, 0.2) is 0 Å². The molecular formula is C14H19N3O3. The van der Waals surface area contributed by atoms with E-state index in [0.717, 1.165) is 26.1 Å². The summed E-state index contributed by atoms with van der Waals surface area (Å²) in [5.41, 5.74) is 6.51. The lowest BCUT2D eigenvalue weighted by Crippen LogP contribution is -2.42. The zero-order valence-corrected chi connectivity index (χ0v) is 11.2. The number of benzene rings is 1. The number of carbonyl (C=O) groups excluding carboxylic acids is 2. The fourth-order valence-corrected chi connectivity index (χ4v) is 2.04. The van der Waals surface area contributed by atoms with Crippen LogP contribution in [-0.4, -0.2) is 31.7 Å². The van der Waals surface area contributed by atoms with E-state index in [-0.39, 0.29) is 0 Å². The van der Waals surface area contributed by atoms with E-state index < -0.39 is 11.9 Å². The first-order valence-electron chi connectivity index (χ1n) is 6.67. The molecule has 0 radical (unpaired) electrons. The molecule has 0 atom stereocenters. The Morgan fingerprint density at radius 3 is 2.50 bits per heavy atom. The van der Waals surface area contributed by atoms with Gasteiger partial charge in [0.1, 0.15) is 0 Å². The summed E-state index contributed by atoms with van der Waals surface area (Å²) in [5.74, 6) is -0.0180. The number of nitrogen functional groups attached to an aromatic ring is 1. The molecule has 6 nitrogen and oxygen atoms in total. The van der Waals surface area contributed by atoms with E-state index in [1.807, 2.05) is 0 Å². The van der Waals surface area contributed by atoms with Crippen LogP contribution < -0.4 is 16.4 Å². The topological polar surface area (TPSA) is 93.5 Å². The molecule has 3 amide bonds. The molecule has 0 spiro atoms. The predicted molar refractivity (Wildman–Crippen MR) is 75.3 cm³/mol. The van der Waals surface area contributed by atoms with Crippen molar-refractivity contribution in [2.24, 2.45) is 5.92 Å². The van der Waals surface area contributed by atoms with Gasteiger partial charge in [-0.2, -0.15) is 0 Å². The lowest BCUT2D eigenvalue weighted by molar-refractivity contribution is 0.0668. The Balaban J connectivity index is 1.76. The third-order valence-corrected chi connectivity index (χ3v) is 3.29. The summed E-state index contributed by atoms with van der Waals surface area (Å²) in [5, 5.41) is 5.01. The van der Waals surface area contributed by atoms with Crippen LogP contribution in [0.5, 0.6) is 0 Å². The van der Waals surface area contributed by atoms with E-state index in [2.05, 4.69) is 10.6 Å². The van der Waals surface area contributed by atoms with E-state index in [1.165, 1.54) is 0 Å². The Morgan fingerprint density at radius 2 is 1.85 bits per heavy atom. The van der Waals surface area contributed by atoms with E-state index in [9.17, 15) is 9.59 Å². The van der Waals surface area contributed by atoms with Gasteiger partial charge in [-0.05, 0) is 43.0 Å². The summed E-state index contributed by atoms with van der Waals surface area (Å²) in [7, 11) is 0. The Hall–Kier alpha value is -2.08. The highest BCUT2D eigenvalue weighted by Crippen LogP contribution is 2.13. The first-order valence-corrected chi connectivity index (χ1v) is 6.67. The summed E-state index contributed by atoms with van der Waals surface area (Å²) < 4.78 is 5.25. The summed E-state index contributed by atoms with van der Waals surface area (Å²) in [6.07, 6.45) is 1.87. The maximum atomic E-state index is 11.8. The number of carbonyl (C=O) groups is 2. The quantitative estimate of drug-likeness (QED) is 0.722. The van der Waals surface area contributed by atoms with Crippen LogP contribution >= 0.6 is 0 Å². The van der Waals surface area contributed by atoms with E-state index in [1.54, 1.807) is 24.3 Å². The second-order valence-corrected chi connectivity index (χ2v) is 4.84. The van der Waals surface area contributed by atoms with Gasteiger partial charge in [-0.15, -0.1) is 0 Å². The average Bonchev–Trinajstić information content (AvgIpc) is 2.47. The molecule has 108 valence electrons. The lowest BCUT2D eigenvalue weighted by Gasteiger charge is -2.22. The molecule has 1 heterocycles. The van der Waals surface area contributed by atoms with Crippen molar-refractivity contribution in [2.75, 3.05) is 25.5 Å². The number of ether oxygens (including phenoxy) is 1. The summed E-state index contributed by atoms with van der Waals surface area (Å²) in [4.78, 5) is 23.4. The normalized spacial score (nSPS) is 15.6. The van der Waals surface area contributed by atoms with Gasteiger partial charge in [-0.25, -0.2) is 4.79 Å². The minimum atomic E-state index is -0.474. The summed E-state index contributed by atoms with van der Waals surface area (Å²) in [6, 6.07) is 5.93. The maximum Gasteiger partial charge on any atom is 0.321 e. The van der Waals surface area contributed by atoms with E-state index in [4.69, 9.17) is 10.5 Å². The van der Waals surface area contributed by atoms with Crippen molar-refractivity contribution in [1.82, 2.24) is 10.6 Å². The number of nitrogens with one attached hydrogen (secondary N) is 2. The van der Waals surface area contributed by atoms with Gasteiger partial charge < -0.3 is 15.8 Å². The van der Waals surface area contributed by atoms with Crippen molar-refractivity contribution in [3.8, 4) is 0 Å². The smallest absolute Gasteiger partial charge is 0.321 e. The third kappa shape index (κ3) is 4.24. The minimum absolute atomic E-state index is 0.403. The molecule has 20 heavy (non-hydrogen) atoms. The average molecular weight is 277 g/mol. The van der Waals surface area contributed by atoms with Gasteiger partial charge in [0.2, 0.25) is 0 Å².